The fourth-order valence-electron chi connectivity index (χ4n) is 2.01. The fourth-order valence-corrected chi connectivity index (χ4v) is 2.01. The molecule has 1 amide bonds. The molecule has 0 aromatic rings. The lowest BCUT2D eigenvalue weighted by Gasteiger charge is -2.27. The number of carboxylic acids is 1. The van der Waals surface area contributed by atoms with Crippen molar-refractivity contribution in [3.63, 3.8) is 0 Å². The Bertz CT molecular complexity index is 319. The highest BCUT2D eigenvalue weighted by Crippen LogP contribution is 2.21. The minimum absolute atomic E-state index is 0.0430. The molecule has 0 aliphatic heterocycles. The van der Waals surface area contributed by atoms with Gasteiger partial charge >= 0.3 is 5.97 Å². The fraction of sp³-hybridized carbons (Fsp3) is 0.857. The first kappa shape index (κ1) is 17.9. The summed E-state index contributed by atoms with van der Waals surface area (Å²) in [5.74, 6) is -0.973. The van der Waals surface area contributed by atoms with Gasteiger partial charge in [-0.2, -0.15) is 0 Å². The van der Waals surface area contributed by atoms with Crippen molar-refractivity contribution in [1.82, 2.24) is 5.32 Å². The van der Waals surface area contributed by atoms with Crippen LogP contribution >= 0.6 is 0 Å². The van der Waals surface area contributed by atoms with Crippen molar-refractivity contribution >= 4 is 11.9 Å². The second kappa shape index (κ2) is 6.89. The molecular formula is C14H28N2O3. The number of amides is 1. The Morgan fingerprint density at radius 2 is 1.74 bits per heavy atom. The summed E-state index contributed by atoms with van der Waals surface area (Å²) in [5, 5.41) is 11.5. The minimum Gasteiger partial charge on any atom is -0.481 e. The molecule has 0 fully saturated rings. The van der Waals surface area contributed by atoms with Crippen LogP contribution in [0.3, 0.4) is 0 Å². The van der Waals surface area contributed by atoms with E-state index in [4.69, 9.17) is 10.8 Å². The van der Waals surface area contributed by atoms with Crippen LogP contribution in [-0.4, -0.2) is 28.6 Å². The van der Waals surface area contributed by atoms with Gasteiger partial charge in [-0.15, -0.1) is 0 Å². The summed E-state index contributed by atoms with van der Waals surface area (Å²) < 4.78 is 0. The van der Waals surface area contributed by atoms with Gasteiger partial charge in [0.05, 0.1) is 0 Å². The van der Waals surface area contributed by atoms with Gasteiger partial charge in [-0.25, -0.2) is 0 Å². The van der Waals surface area contributed by atoms with E-state index < -0.39 is 11.5 Å². The Morgan fingerprint density at radius 3 is 2.16 bits per heavy atom. The zero-order valence-corrected chi connectivity index (χ0v) is 12.7. The zero-order chi connectivity index (χ0) is 15.3. The van der Waals surface area contributed by atoms with E-state index >= 15 is 0 Å². The van der Waals surface area contributed by atoms with Crippen LogP contribution in [0.25, 0.3) is 0 Å². The van der Waals surface area contributed by atoms with Gasteiger partial charge in [0.15, 0.2) is 0 Å². The normalized spacial score (nSPS) is 14.0. The standard InChI is InChI=1S/C14H28N2O3/c1-13(2,3)9-10(15)8-11(17)16-14(4,5)7-6-12(18)19/h10H,6-9,15H2,1-5H3,(H,16,17)(H,18,19). The first-order valence-corrected chi connectivity index (χ1v) is 6.70. The summed E-state index contributed by atoms with van der Waals surface area (Å²) >= 11 is 0. The molecule has 5 nitrogen and oxygen atoms in total. The molecule has 4 N–H and O–H groups in total. The van der Waals surface area contributed by atoms with Crippen LogP contribution in [0.5, 0.6) is 0 Å². The number of nitrogens with one attached hydrogen (secondary N) is 1. The molecule has 0 radical (unpaired) electrons. The summed E-state index contributed by atoms with van der Waals surface area (Å²) in [7, 11) is 0. The Hall–Kier alpha value is -1.10. The maximum Gasteiger partial charge on any atom is 0.303 e. The molecule has 0 saturated heterocycles. The SMILES string of the molecule is CC(C)(C)CC(N)CC(=O)NC(C)(C)CCC(=O)O. The van der Waals surface area contributed by atoms with Gasteiger partial charge in [-0.05, 0) is 32.1 Å². The maximum atomic E-state index is 11.9. The smallest absolute Gasteiger partial charge is 0.303 e. The van der Waals surface area contributed by atoms with Crippen molar-refractivity contribution in [1.29, 1.82) is 0 Å². The molecule has 0 aliphatic rings. The van der Waals surface area contributed by atoms with E-state index in [0.29, 0.717) is 6.42 Å². The number of carboxylic acid groups (broad SMARTS) is 1. The monoisotopic (exact) mass is 272 g/mol. The highest BCUT2D eigenvalue weighted by atomic mass is 16.4. The van der Waals surface area contributed by atoms with Crippen LogP contribution in [0, 0.1) is 5.41 Å². The van der Waals surface area contributed by atoms with Gasteiger partial charge in [0.25, 0.3) is 0 Å². The van der Waals surface area contributed by atoms with Crippen molar-refractivity contribution in [3.05, 3.63) is 0 Å². The quantitative estimate of drug-likeness (QED) is 0.660. The Labute approximate surface area is 115 Å². The Kier molecular flexibility index (Phi) is 6.49. The minimum atomic E-state index is -0.855. The lowest BCUT2D eigenvalue weighted by atomic mass is 9.87. The zero-order valence-electron chi connectivity index (χ0n) is 12.7. The average Bonchev–Trinajstić information content (AvgIpc) is 2.09. The van der Waals surface area contributed by atoms with Crippen LogP contribution in [0.15, 0.2) is 0 Å². The lowest BCUT2D eigenvalue weighted by molar-refractivity contribution is -0.137. The van der Waals surface area contributed by atoms with Crippen molar-refractivity contribution in [3.8, 4) is 0 Å². The predicted octanol–water partition coefficient (Wildman–Crippen LogP) is 1.90. The second-order valence-corrected chi connectivity index (χ2v) is 7.05. The Morgan fingerprint density at radius 1 is 1.21 bits per heavy atom. The van der Waals surface area contributed by atoms with Crippen molar-refractivity contribution in [2.45, 2.75) is 71.9 Å². The lowest BCUT2D eigenvalue weighted by Crippen LogP contribution is -2.45. The van der Waals surface area contributed by atoms with E-state index in [-0.39, 0.29) is 30.2 Å². The van der Waals surface area contributed by atoms with E-state index in [9.17, 15) is 9.59 Å². The highest BCUT2D eigenvalue weighted by Gasteiger charge is 2.24. The number of carbonyl (C=O) groups excluding carboxylic acids is 1. The van der Waals surface area contributed by atoms with Gasteiger partial charge in [0.2, 0.25) is 5.91 Å². The molecule has 0 saturated carbocycles. The van der Waals surface area contributed by atoms with Crippen molar-refractivity contribution in [2.75, 3.05) is 0 Å². The second-order valence-electron chi connectivity index (χ2n) is 7.05. The van der Waals surface area contributed by atoms with E-state index in [2.05, 4.69) is 26.1 Å². The molecule has 1 atom stereocenters. The van der Waals surface area contributed by atoms with E-state index in [1.165, 1.54) is 0 Å². The van der Waals surface area contributed by atoms with Crippen LogP contribution in [0.2, 0.25) is 0 Å². The summed E-state index contributed by atoms with van der Waals surface area (Å²) in [6.45, 7) is 9.90. The molecule has 0 bridgehead atoms. The van der Waals surface area contributed by atoms with Crippen molar-refractivity contribution < 1.29 is 14.7 Å². The topological polar surface area (TPSA) is 92.4 Å². The number of aliphatic carboxylic acids is 1. The number of rotatable bonds is 7. The molecule has 0 heterocycles. The molecule has 0 aromatic heterocycles. The van der Waals surface area contributed by atoms with Gasteiger partial charge < -0.3 is 16.2 Å². The van der Waals surface area contributed by atoms with Gasteiger partial charge in [0, 0.05) is 24.4 Å². The number of hydrogen-bond acceptors (Lipinski definition) is 3. The summed E-state index contributed by atoms with van der Waals surface area (Å²) in [4.78, 5) is 22.4. The maximum absolute atomic E-state index is 11.9. The molecule has 112 valence electrons. The van der Waals surface area contributed by atoms with Gasteiger partial charge in [0.1, 0.15) is 0 Å². The molecule has 0 aromatic carbocycles. The molecule has 19 heavy (non-hydrogen) atoms. The Balaban J connectivity index is 4.19. The number of hydrogen-bond donors (Lipinski definition) is 3. The van der Waals surface area contributed by atoms with Crippen LogP contribution in [-0.2, 0) is 9.59 Å². The van der Waals surface area contributed by atoms with Gasteiger partial charge in [-0.1, -0.05) is 20.8 Å². The molecular weight excluding hydrogens is 244 g/mol. The predicted molar refractivity (Wildman–Crippen MR) is 75.8 cm³/mol. The van der Waals surface area contributed by atoms with E-state index in [1.807, 2.05) is 13.8 Å². The third-order valence-electron chi connectivity index (χ3n) is 2.76. The van der Waals surface area contributed by atoms with Gasteiger partial charge in [-0.3, -0.25) is 9.59 Å². The largest absolute Gasteiger partial charge is 0.481 e. The van der Waals surface area contributed by atoms with E-state index in [0.717, 1.165) is 6.42 Å². The average molecular weight is 272 g/mol. The molecule has 0 aliphatic carbocycles. The molecule has 1 unspecified atom stereocenters. The van der Waals surface area contributed by atoms with Crippen molar-refractivity contribution in [2.24, 2.45) is 11.1 Å². The number of carbonyl (C=O) groups is 2. The molecule has 0 spiro atoms. The molecule has 5 heteroatoms. The van der Waals surface area contributed by atoms with Crippen LogP contribution in [0.4, 0.5) is 0 Å². The van der Waals surface area contributed by atoms with Crippen LogP contribution in [0.1, 0.15) is 60.3 Å². The summed E-state index contributed by atoms with van der Waals surface area (Å²) in [5.41, 5.74) is 5.53. The first-order valence-electron chi connectivity index (χ1n) is 6.70. The third-order valence-corrected chi connectivity index (χ3v) is 2.76. The van der Waals surface area contributed by atoms with Crippen LogP contribution < -0.4 is 11.1 Å². The van der Waals surface area contributed by atoms with E-state index in [1.54, 1.807) is 0 Å². The summed E-state index contributed by atoms with van der Waals surface area (Å²) in [6, 6.07) is -0.171. The molecule has 0 rings (SSSR count). The third kappa shape index (κ3) is 10.5. The summed E-state index contributed by atoms with van der Waals surface area (Å²) in [6.07, 6.45) is 1.49. The first-order chi connectivity index (χ1) is 8.41. The highest BCUT2D eigenvalue weighted by molar-refractivity contribution is 5.77. The number of nitrogens with two attached hydrogens (primary N) is 1.